The molecule has 64 heavy (non-hydrogen) atoms. The first kappa shape index (κ1) is 50.4. The lowest BCUT2D eigenvalue weighted by molar-refractivity contribution is -0.138. The highest BCUT2D eigenvalue weighted by atomic mass is 35.5. The number of benzene rings is 2. The van der Waals surface area contributed by atoms with Gasteiger partial charge in [-0.3, -0.25) is 0 Å². The van der Waals surface area contributed by atoms with Gasteiger partial charge in [-0.2, -0.15) is 52.7 Å². The van der Waals surface area contributed by atoms with Crippen LogP contribution < -0.4 is 29.2 Å². The number of aromatic nitrogens is 2. The summed E-state index contributed by atoms with van der Waals surface area (Å²) in [7, 11) is 2.64. The smallest absolute Gasteiger partial charge is 0.417 e. The minimum atomic E-state index is -4.48. The Morgan fingerprint density at radius 2 is 0.938 bits per heavy atom. The summed E-state index contributed by atoms with van der Waals surface area (Å²) < 4.78 is 173. The molecule has 1 N–H and O–H groups in total. The van der Waals surface area contributed by atoms with E-state index in [1.54, 1.807) is 0 Å². The highest BCUT2D eigenvalue weighted by Gasteiger charge is 2.43. The van der Waals surface area contributed by atoms with Crippen LogP contribution in [0.2, 0.25) is 5.15 Å². The minimum absolute atomic E-state index is 0. The first-order valence-electron chi connectivity index (χ1n) is 19.6. The van der Waals surface area contributed by atoms with Gasteiger partial charge in [0.25, 0.3) is 0 Å². The number of methoxy groups -OCH3 is 2. The molecule has 2 aromatic carbocycles. The van der Waals surface area contributed by atoms with Gasteiger partial charge in [-0.25, -0.2) is 9.97 Å². The topological polar surface area (TPSA) is 78.0 Å². The number of alkyl halides is 12. The van der Waals surface area contributed by atoms with Crippen LogP contribution in [0.25, 0.3) is 0 Å². The largest absolute Gasteiger partial charge is 0.493 e. The summed E-state index contributed by atoms with van der Waals surface area (Å²) in [6.07, 6.45) is -9.36. The van der Waals surface area contributed by atoms with Crippen LogP contribution in [0.5, 0.6) is 23.0 Å². The summed E-state index contributed by atoms with van der Waals surface area (Å²) in [5, 5.41) is 3.56. The maximum atomic E-state index is 12.9. The predicted molar refractivity (Wildman–Crippen MR) is 213 cm³/mol. The minimum Gasteiger partial charge on any atom is -0.493 e. The molecule has 22 heteroatoms. The van der Waals surface area contributed by atoms with Gasteiger partial charge in [-0.1, -0.05) is 11.6 Å². The molecule has 8 nitrogen and oxygen atoms in total. The van der Waals surface area contributed by atoms with Crippen molar-refractivity contribution in [2.75, 3.05) is 19.1 Å². The van der Waals surface area contributed by atoms with E-state index in [0.717, 1.165) is 87.2 Å². The second-order valence-corrected chi connectivity index (χ2v) is 15.7. The van der Waals surface area contributed by atoms with Gasteiger partial charge in [0.1, 0.15) is 23.2 Å². The van der Waals surface area contributed by atoms with E-state index in [1.807, 2.05) is 4.90 Å². The van der Waals surface area contributed by atoms with E-state index in [-0.39, 0.29) is 59.1 Å². The Morgan fingerprint density at radius 3 is 1.31 bits per heavy atom. The molecule has 0 amide bonds. The van der Waals surface area contributed by atoms with E-state index < -0.39 is 47.0 Å². The van der Waals surface area contributed by atoms with Crippen molar-refractivity contribution < 1.29 is 71.6 Å². The maximum absolute atomic E-state index is 12.9. The van der Waals surface area contributed by atoms with Crippen molar-refractivity contribution in [3.8, 4) is 23.0 Å². The van der Waals surface area contributed by atoms with Crippen LogP contribution in [0.1, 0.15) is 73.6 Å². The summed E-state index contributed by atoms with van der Waals surface area (Å²) in [4.78, 5) is 9.34. The van der Waals surface area contributed by atoms with Crippen LogP contribution >= 0.6 is 24.0 Å². The Balaban J connectivity index is 0.000000201. The van der Waals surface area contributed by atoms with Crippen LogP contribution in [0.4, 0.5) is 58.5 Å². The van der Waals surface area contributed by atoms with Gasteiger partial charge in [0.05, 0.1) is 36.5 Å². The Bertz CT molecular complexity index is 2120. The first-order chi connectivity index (χ1) is 29.5. The molecular weight excluding hydrogens is 923 g/mol. The summed E-state index contributed by atoms with van der Waals surface area (Å²) in [5.74, 6) is 1.26. The zero-order valence-electron chi connectivity index (χ0n) is 33.8. The highest BCUT2D eigenvalue weighted by molar-refractivity contribution is 6.29. The van der Waals surface area contributed by atoms with E-state index in [0.29, 0.717) is 42.7 Å². The van der Waals surface area contributed by atoms with Crippen LogP contribution in [0.3, 0.4) is 0 Å². The standard InChI is InChI=1S/C21H20F6N2O2.C15H18F3NO2.C6H3ClF3N.ClH/c1-30-18-8-12(20(22,23)24)2-6-17(18)31-16-9-14-4-5-15(10-16)29(14)19-7-3-13(11-28-19)21(25,26)27;1-20-14-6-9(15(16,17)18)2-5-13(14)21-12-7-10-3-4-11(8-12)19-10;7-5-2-1-4(3-11-5)6(8,9)10;/h2-3,6-8,11,14-16H,4-5,9-10H2,1H3;2,5-6,10-12,19H,3-4,7-8H2,1H3;1-3H;1H/t14-,15+,16?;10-,11+,12?;;. The van der Waals surface area contributed by atoms with E-state index in [1.165, 1.54) is 32.4 Å². The van der Waals surface area contributed by atoms with Crippen molar-refractivity contribution in [3.05, 3.63) is 100 Å². The number of hydrogen-bond acceptors (Lipinski definition) is 8. The third-order valence-corrected chi connectivity index (χ3v) is 11.3. The SMILES string of the molecule is COc1cc(C(F)(F)F)ccc1OC1C[C@H]2CC[C@@H](C1)N2.COc1cc(C(F)(F)F)ccc1OC1C[C@H]2CC[C@@H](C1)N2c1ccc(C(F)(F)F)cn1.Cl.FC(F)(F)c1ccc(Cl)nc1. The lowest BCUT2D eigenvalue weighted by Crippen LogP contribution is -2.46. The number of pyridine rings is 2. The molecule has 0 radical (unpaired) electrons. The molecule has 6 atom stereocenters. The number of nitrogens with one attached hydrogen (secondary N) is 1. The molecule has 352 valence electrons. The zero-order chi connectivity index (χ0) is 45.9. The molecule has 2 unspecified atom stereocenters. The molecule has 4 aliphatic heterocycles. The fraction of sp³-hybridized carbons (Fsp3) is 0.476. The maximum Gasteiger partial charge on any atom is 0.417 e. The van der Waals surface area contributed by atoms with Gasteiger partial charge in [0.2, 0.25) is 0 Å². The number of fused-ring (bicyclic) bond motifs is 4. The monoisotopic (exact) mass is 964 g/mol. The summed E-state index contributed by atoms with van der Waals surface area (Å²) in [6.45, 7) is 0. The molecule has 4 fully saturated rings. The summed E-state index contributed by atoms with van der Waals surface area (Å²) >= 11 is 5.28. The molecule has 4 bridgehead atoms. The van der Waals surface area contributed by atoms with Gasteiger partial charge in [0.15, 0.2) is 23.0 Å². The van der Waals surface area contributed by atoms with E-state index in [4.69, 9.17) is 30.5 Å². The molecule has 4 aliphatic rings. The predicted octanol–water partition coefficient (Wildman–Crippen LogP) is 12.3. The van der Waals surface area contributed by atoms with Gasteiger partial charge >= 0.3 is 24.7 Å². The number of anilines is 1. The van der Waals surface area contributed by atoms with Gasteiger partial charge in [-0.15, -0.1) is 12.4 Å². The number of rotatable bonds is 7. The third kappa shape index (κ3) is 12.8. The van der Waals surface area contributed by atoms with E-state index in [2.05, 4.69) is 15.3 Å². The van der Waals surface area contributed by atoms with Crippen molar-refractivity contribution in [2.45, 2.75) is 112 Å². The highest BCUT2D eigenvalue weighted by Crippen LogP contribution is 2.43. The van der Waals surface area contributed by atoms with Crippen LogP contribution in [0, 0.1) is 0 Å². The number of piperidine rings is 2. The molecule has 0 saturated carbocycles. The third-order valence-electron chi connectivity index (χ3n) is 11.1. The van der Waals surface area contributed by atoms with Crippen molar-refractivity contribution >= 4 is 29.8 Å². The van der Waals surface area contributed by atoms with Crippen molar-refractivity contribution in [1.29, 1.82) is 0 Å². The lowest BCUT2D eigenvalue weighted by Gasteiger charge is -2.39. The molecule has 4 aromatic rings. The fourth-order valence-corrected chi connectivity index (χ4v) is 8.30. The normalized spacial score (nSPS) is 22.8. The first-order valence-corrected chi connectivity index (χ1v) is 20.0. The second-order valence-electron chi connectivity index (χ2n) is 15.3. The summed E-state index contributed by atoms with van der Waals surface area (Å²) in [5.41, 5.74) is -3.13. The molecule has 4 saturated heterocycles. The molecule has 2 aromatic heterocycles. The van der Waals surface area contributed by atoms with E-state index in [9.17, 15) is 52.7 Å². The van der Waals surface area contributed by atoms with Gasteiger partial charge < -0.3 is 29.2 Å². The van der Waals surface area contributed by atoms with Crippen LogP contribution in [-0.2, 0) is 24.7 Å². The average Bonchev–Trinajstić information content (AvgIpc) is 3.70. The van der Waals surface area contributed by atoms with Crippen molar-refractivity contribution in [3.63, 3.8) is 0 Å². The summed E-state index contributed by atoms with van der Waals surface area (Å²) in [6, 6.07) is 11.9. The number of nitrogens with zero attached hydrogens (tertiary/aromatic N) is 3. The Hall–Kier alpha value is -4.56. The van der Waals surface area contributed by atoms with Crippen molar-refractivity contribution in [1.82, 2.24) is 15.3 Å². The van der Waals surface area contributed by atoms with Crippen LogP contribution in [0.15, 0.2) is 73.1 Å². The van der Waals surface area contributed by atoms with Crippen LogP contribution in [-0.4, -0.2) is 60.6 Å². The molecule has 0 spiro atoms. The number of halogens is 14. The molecule has 0 aliphatic carbocycles. The molecule has 8 rings (SSSR count). The fourth-order valence-electron chi connectivity index (χ4n) is 8.19. The number of hydrogen-bond donors (Lipinski definition) is 1. The quantitative estimate of drug-likeness (QED) is 0.145. The number of ether oxygens (including phenoxy) is 4. The molecule has 6 heterocycles. The van der Waals surface area contributed by atoms with Gasteiger partial charge in [0, 0.05) is 49.4 Å². The lowest BCUT2D eigenvalue weighted by atomic mass is 9.99. The zero-order valence-corrected chi connectivity index (χ0v) is 35.4. The van der Waals surface area contributed by atoms with Crippen molar-refractivity contribution in [2.24, 2.45) is 0 Å². The molecular formula is C42H42Cl2F12N4O4. The Kier molecular flexibility index (Phi) is 16.0. The van der Waals surface area contributed by atoms with E-state index >= 15 is 0 Å². The Labute approximate surface area is 371 Å². The second kappa shape index (κ2) is 20.3. The van der Waals surface area contributed by atoms with Gasteiger partial charge in [-0.05, 0) is 99.2 Å². The Morgan fingerprint density at radius 1 is 0.531 bits per heavy atom. The average molecular weight is 966 g/mol.